The van der Waals surface area contributed by atoms with E-state index in [9.17, 15) is 0 Å². The number of nitrogens with one attached hydrogen (secondary N) is 1. The Bertz CT molecular complexity index is 324. The van der Waals surface area contributed by atoms with Gasteiger partial charge in [-0.25, -0.2) is 0 Å². The number of hydrogen-bond acceptors (Lipinski definition) is 2. The first-order valence-electron chi connectivity index (χ1n) is 5.76. The average molecular weight is 205 g/mol. The summed E-state index contributed by atoms with van der Waals surface area (Å²) in [7, 11) is 0. The van der Waals surface area contributed by atoms with Crippen LogP contribution in [0.1, 0.15) is 31.9 Å². The molecule has 1 aliphatic rings. The van der Waals surface area contributed by atoms with Crippen molar-refractivity contribution in [2.24, 2.45) is 5.92 Å². The monoisotopic (exact) mass is 205 g/mol. The lowest BCUT2D eigenvalue weighted by atomic mass is 10.0. The van der Waals surface area contributed by atoms with Gasteiger partial charge in [-0.05, 0) is 31.9 Å². The molecule has 1 N–H and O–H groups in total. The Balaban J connectivity index is 2.19. The van der Waals surface area contributed by atoms with E-state index in [1.807, 2.05) is 13.0 Å². The smallest absolute Gasteiger partial charge is 0.124 e. The molecule has 0 spiro atoms. The second-order valence-corrected chi connectivity index (χ2v) is 4.27. The van der Waals surface area contributed by atoms with Crippen LogP contribution in [-0.2, 0) is 0 Å². The Morgan fingerprint density at radius 2 is 2.20 bits per heavy atom. The van der Waals surface area contributed by atoms with Crippen LogP contribution < -0.4 is 10.1 Å². The van der Waals surface area contributed by atoms with E-state index in [-0.39, 0.29) is 0 Å². The lowest BCUT2D eigenvalue weighted by Crippen LogP contribution is -2.14. The van der Waals surface area contributed by atoms with Crippen molar-refractivity contribution in [1.29, 1.82) is 0 Å². The van der Waals surface area contributed by atoms with E-state index >= 15 is 0 Å². The first-order valence-corrected chi connectivity index (χ1v) is 5.76. The molecule has 0 unspecified atom stereocenters. The van der Waals surface area contributed by atoms with E-state index < -0.39 is 0 Å². The molecular formula is C13H19NO. The van der Waals surface area contributed by atoms with Crippen LogP contribution in [-0.4, -0.2) is 13.2 Å². The van der Waals surface area contributed by atoms with Crippen LogP contribution in [0.3, 0.4) is 0 Å². The van der Waals surface area contributed by atoms with Gasteiger partial charge in [0.25, 0.3) is 0 Å². The van der Waals surface area contributed by atoms with Crippen molar-refractivity contribution in [3.8, 4) is 5.75 Å². The highest BCUT2D eigenvalue weighted by Gasteiger charge is 2.24. The lowest BCUT2D eigenvalue weighted by molar-refractivity contribution is 0.332. The van der Waals surface area contributed by atoms with Gasteiger partial charge in [-0.1, -0.05) is 25.1 Å². The number of para-hydroxylation sites is 1. The van der Waals surface area contributed by atoms with E-state index in [0.717, 1.165) is 24.8 Å². The van der Waals surface area contributed by atoms with Crippen LogP contribution in [0.4, 0.5) is 0 Å². The molecule has 82 valence electrons. The largest absolute Gasteiger partial charge is 0.494 e. The summed E-state index contributed by atoms with van der Waals surface area (Å²) >= 11 is 0. The van der Waals surface area contributed by atoms with E-state index in [1.54, 1.807) is 0 Å². The van der Waals surface area contributed by atoms with Crippen molar-refractivity contribution < 1.29 is 4.74 Å². The van der Waals surface area contributed by atoms with Crippen molar-refractivity contribution in [3.05, 3.63) is 29.8 Å². The highest BCUT2D eigenvalue weighted by Crippen LogP contribution is 2.32. The van der Waals surface area contributed by atoms with E-state index in [4.69, 9.17) is 4.74 Å². The number of benzene rings is 1. The van der Waals surface area contributed by atoms with Gasteiger partial charge in [0.2, 0.25) is 0 Å². The lowest BCUT2D eigenvalue weighted by Gasteiger charge is -2.15. The predicted molar refractivity (Wildman–Crippen MR) is 62.1 cm³/mol. The summed E-state index contributed by atoms with van der Waals surface area (Å²) in [5.74, 6) is 1.80. The van der Waals surface area contributed by atoms with Crippen LogP contribution in [0.15, 0.2) is 24.3 Å². The average Bonchev–Trinajstić information content (AvgIpc) is 2.66. The molecule has 0 aliphatic carbocycles. The summed E-state index contributed by atoms with van der Waals surface area (Å²) in [6, 6.07) is 8.82. The molecule has 2 nitrogen and oxygen atoms in total. The fourth-order valence-electron chi connectivity index (χ4n) is 2.20. The zero-order chi connectivity index (χ0) is 10.7. The zero-order valence-electron chi connectivity index (χ0n) is 9.49. The van der Waals surface area contributed by atoms with Gasteiger partial charge in [0.1, 0.15) is 5.75 Å². The Kier molecular flexibility index (Phi) is 3.27. The van der Waals surface area contributed by atoms with Crippen LogP contribution in [0, 0.1) is 5.92 Å². The van der Waals surface area contributed by atoms with Gasteiger partial charge in [0.05, 0.1) is 6.61 Å². The van der Waals surface area contributed by atoms with Crippen LogP contribution >= 0.6 is 0 Å². The summed E-state index contributed by atoms with van der Waals surface area (Å²) in [4.78, 5) is 0. The van der Waals surface area contributed by atoms with Gasteiger partial charge in [-0.3, -0.25) is 0 Å². The maximum Gasteiger partial charge on any atom is 0.124 e. The molecule has 0 aromatic heterocycles. The summed E-state index contributed by atoms with van der Waals surface area (Å²) in [6.45, 7) is 6.17. The van der Waals surface area contributed by atoms with Crippen molar-refractivity contribution in [2.75, 3.05) is 13.2 Å². The predicted octanol–water partition coefficient (Wildman–Crippen LogP) is 2.76. The zero-order valence-corrected chi connectivity index (χ0v) is 9.49. The molecule has 1 aromatic carbocycles. The van der Waals surface area contributed by atoms with Crippen LogP contribution in [0.2, 0.25) is 0 Å². The molecule has 1 saturated heterocycles. The summed E-state index contributed by atoms with van der Waals surface area (Å²) in [6.07, 6.45) is 1.21. The molecular weight excluding hydrogens is 186 g/mol. The first kappa shape index (κ1) is 10.5. The molecule has 15 heavy (non-hydrogen) atoms. The third kappa shape index (κ3) is 2.32. The Hall–Kier alpha value is -1.02. The minimum absolute atomic E-state index is 0.475. The van der Waals surface area contributed by atoms with Gasteiger partial charge in [0.15, 0.2) is 0 Å². The highest BCUT2D eigenvalue weighted by molar-refractivity contribution is 5.36. The third-order valence-electron chi connectivity index (χ3n) is 2.95. The molecule has 2 rings (SSSR count). The molecule has 1 aliphatic heterocycles. The molecule has 0 bridgehead atoms. The number of ether oxygens (including phenoxy) is 1. The minimum Gasteiger partial charge on any atom is -0.494 e. The molecule has 0 amide bonds. The molecule has 0 saturated carbocycles. The second kappa shape index (κ2) is 4.67. The molecule has 2 atom stereocenters. The van der Waals surface area contributed by atoms with Crippen molar-refractivity contribution >= 4 is 0 Å². The van der Waals surface area contributed by atoms with E-state index in [1.165, 1.54) is 12.0 Å². The van der Waals surface area contributed by atoms with Gasteiger partial charge in [0, 0.05) is 11.6 Å². The second-order valence-electron chi connectivity index (χ2n) is 4.27. The maximum absolute atomic E-state index is 5.64. The molecule has 1 aromatic rings. The van der Waals surface area contributed by atoms with E-state index in [0.29, 0.717) is 6.04 Å². The summed E-state index contributed by atoms with van der Waals surface area (Å²) in [5, 5.41) is 3.54. The molecule has 2 heteroatoms. The number of hydrogen-bond donors (Lipinski definition) is 1. The Morgan fingerprint density at radius 3 is 2.87 bits per heavy atom. The van der Waals surface area contributed by atoms with Crippen molar-refractivity contribution in [3.63, 3.8) is 0 Å². The standard InChI is InChI=1S/C13H19NO/c1-3-15-13-7-5-4-6-11(13)12-8-10(2)9-14-12/h4-7,10,12,14H,3,8-9H2,1-2H3/t10-,12-/m1/s1. The molecule has 1 heterocycles. The van der Waals surface area contributed by atoms with Gasteiger partial charge < -0.3 is 10.1 Å². The minimum atomic E-state index is 0.475. The van der Waals surface area contributed by atoms with Gasteiger partial charge in [-0.15, -0.1) is 0 Å². The van der Waals surface area contributed by atoms with Crippen LogP contribution in [0.25, 0.3) is 0 Å². The highest BCUT2D eigenvalue weighted by atomic mass is 16.5. The van der Waals surface area contributed by atoms with E-state index in [2.05, 4.69) is 30.4 Å². The molecule has 0 radical (unpaired) electrons. The van der Waals surface area contributed by atoms with Crippen LogP contribution in [0.5, 0.6) is 5.75 Å². The summed E-state index contributed by atoms with van der Waals surface area (Å²) in [5.41, 5.74) is 1.31. The first-order chi connectivity index (χ1) is 7.31. The topological polar surface area (TPSA) is 21.3 Å². The molecule has 1 fully saturated rings. The number of rotatable bonds is 3. The quantitative estimate of drug-likeness (QED) is 0.819. The summed E-state index contributed by atoms with van der Waals surface area (Å²) < 4.78 is 5.64. The fraction of sp³-hybridized carbons (Fsp3) is 0.538. The Morgan fingerprint density at radius 1 is 1.40 bits per heavy atom. The van der Waals surface area contributed by atoms with Crippen molar-refractivity contribution in [2.45, 2.75) is 26.3 Å². The third-order valence-corrected chi connectivity index (χ3v) is 2.95. The van der Waals surface area contributed by atoms with Gasteiger partial charge >= 0.3 is 0 Å². The SMILES string of the molecule is CCOc1ccccc1[C@H]1C[C@@H](C)CN1. The fourth-order valence-corrected chi connectivity index (χ4v) is 2.20. The maximum atomic E-state index is 5.64. The van der Waals surface area contributed by atoms with Gasteiger partial charge in [-0.2, -0.15) is 0 Å². The van der Waals surface area contributed by atoms with Crippen molar-refractivity contribution in [1.82, 2.24) is 5.32 Å². The normalized spacial score (nSPS) is 25.5. The Labute approximate surface area is 91.6 Å².